The average molecular weight is 416 g/mol. The Morgan fingerprint density at radius 2 is 1.71 bits per heavy atom. The van der Waals surface area contributed by atoms with Gasteiger partial charge in [-0.2, -0.15) is 0 Å². The molecule has 1 aromatic heterocycles. The number of aryl methyl sites for hydroxylation is 1. The van der Waals surface area contributed by atoms with E-state index >= 15 is 0 Å². The number of rotatable bonds is 6. The fourth-order valence-corrected chi connectivity index (χ4v) is 4.17. The van der Waals surface area contributed by atoms with Crippen LogP contribution in [0, 0.1) is 6.92 Å². The third-order valence-electron chi connectivity index (χ3n) is 5.82. The molecule has 1 aliphatic rings. The predicted molar refractivity (Wildman–Crippen MR) is 126 cm³/mol. The summed E-state index contributed by atoms with van der Waals surface area (Å²) in [5, 5.41) is 6.42. The first-order chi connectivity index (χ1) is 15.1. The molecular formula is C26H29N3O2. The van der Waals surface area contributed by atoms with Crippen molar-refractivity contribution in [1.82, 2.24) is 4.57 Å². The molecule has 4 rings (SSSR count). The SMILES string of the molecule is Cc1cccc(Cn2cccc(C(=O)Nc3ccc(NC4CCCCC4)cc3)c2=O)c1. The van der Waals surface area contributed by atoms with Crippen LogP contribution in [0.4, 0.5) is 11.4 Å². The van der Waals surface area contributed by atoms with Gasteiger partial charge in [0.15, 0.2) is 0 Å². The van der Waals surface area contributed by atoms with Gasteiger partial charge in [0, 0.05) is 23.6 Å². The predicted octanol–water partition coefficient (Wildman–Crippen LogP) is 5.20. The van der Waals surface area contributed by atoms with Gasteiger partial charge < -0.3 is 15.2 Å². The Morgan fingerprint density at radius 3 is 2.45 bits per heavy atom. The van der Waals surface area contributed by atoms with Crippen LogP contribution < -0.4 is 16.2 Å². The minimum Gasteiger partial charge on any atom is -0.382 e. The number of amides is 1. The smallest absolute Gasteiger partial charge is 0.263 e. The molecule has 0 spiro atoms. The van der Waals surface area contributed by atoms with Crippen LogP contribution in [0.2, 0.25) is 0 Å². The largest absolute Gasteiger partial charge is 0.382 e. The summed E-state index contributed by atoms with van der Waals surface area (Å²) in [4.78, 5) is 25.6. The van der Waals surface area contributed by atoms with E-state index in [2.05, 4.69) is 10.6 Å². The lowest BCUT2D eigenvalue weighted by atomic mass is 9.95. The molecule has 160 valence electrons. The number of nitrogens with zero attached hydrogens (tertiary/aromatic N) is 1. The molecular weight excluding hydrogens is 386 g/mol. The highest BCUT2D eigenvalue weighted by Crippen LogP contribution is 2.22. The average Bonchev–Trinajstić information content (AvgIpc) is 2.77. The molecule has 0 unspecified atom stereocenters. The fraction of sp³-hybridized carbons (Fsp3) is 0.308. The number of carbonyl (C=O) groups excluding carboxylic acids is 1. The molecule has 0 saturated heterocycles. The minimum atomic E-state index is -0.392. The number of aromatic nitrogens is 1. The third-order valence-corrected chi connectivity index (χ3v) is 5.82. The van der Waals surface area contributed by atoms with E-state index in [0.717, 1.165) is 16.8 Å². The Labute approximate surface area is 183 Å². The van der Waals surface area contributed by atoms with Gasteiger partial charge in [-0.1, -0.05) is 49.1 Å². The molecule has 0 atom stereocenters. The monoisotopic (exact) mass is 415 g/mol. The molecule has 3 aromatic rings. The molecule has 0 bridgehead atoms. The summed E-state index contributed by atoms with van der Waals surface area (Å²) >= 11 is 0. The zero-order chi connectivity index (χ0) is 21.6. The molecule has 5 heteroatoms. The zero-order valence-corrected chi connectivity index (χ0v) is 17.9. The Hall–Kier alpha value is -3.34. The van der Waals surface area contributed by atoms with Crippen molar-refractivity contribution >= 4 is 17.3 Å². The van der Waals surface area contributed by atoms with Crippen molar-refractivity contribution in [3.05, 3.63) is 93.9 Å². The van der Waals surface area contributed by atoms with Crippen LogP contribution in [0.3, 0.4) is 0 Å². The summed E-state index contributed by atoms with van der Waals surface area (Å²) in [6.45, 7) is 2.45. The standard InChI is InChI=1S/C26H29N3O2/c1-19-7-5-8-20(17-19)18-29-16-6-11-24(26(29)31)25(30)28-23-14-12-22(13-15-23)27-21-9-3-2-4-10-21/h5-8,11-17,21,27H,2-4,9-10,18H2,1H3,(H,28,30). The number of nitrogens with one attached hydrogen (secondary N) is 2. The van der Waals surface area contributed by atoms with Crippen molar-refractivity contribution in [1.29, 1.82) is 0 Å². The maximum absolute atomic E-state index is 12.9. The third kappa shape index (κ3) is 5.43. The van der Waals surface area contributed by atoms with Gasteiger partial charge in [-0.3, -0.25) is 9.59 Å². The Kier molecular flexibility index (Phi) is 6.51. The van der Waals surface area contributed by atoms with E-state index in [0.29, 0.717) is 18.3 Å². The van der Waals surface area contributed by atoms with Crippen molar-refractivity contribution in [3.8, 4) is 0 Å². The van der Waals surface area contributed by atoms with Gasteiger partial charge >= 0.3 is 0 Å². The lowest BCUT2D eigenvalue weighted by Gasteiger charge is -2.23. The molecule has 1 saturated carbocycles. The first kappa shape index (κ1) is 20.9. The first-order valence-electron chi connectivity index (χ1n) is 11.0. The van der Waals surface area contributed by atoms with Gasteiger partial charge in [-0.15, -0.1) is 0 Å². The summed E-state index contributed by atoms with van der Waals surface area (Å²) in [6.07, 6.45) is 8.03. The molecule has 31 heavy (non-hydrogen) atoms. The highest BCUT2D eigenvalue weighted by molar-refractivity contribution is 6.04. The van der Waals surface area contributed by atoms with Crippen molar-refractivity contribution in [2.75, 3.05) is 10.6 Å². The first-order valence-corrected chi connectivity index (χ1v) is 11.0. The lowest BCUT2D eigenvalue weighted by molar-refractivity contribution is 0.102. The van der Waals surface area contributed by atoms with E-state index in [1.807, 2.05) is 55.5 Å². The summed E-state index contributed by atoms with van der Waals surface area (Å²) in [5.41, 5.74) is 3.75. The number of benzene rings is 2. The number of hydrogen-bond acceptors (Lipinski definition) is 3. The molecule has 1 fully saturated rings. The second-order valence-corrected chi connectivity index (χ2v) is 8.35. The summed E-state index contributed by atoms with van der Waals surface area (Å²) < 4.78 is 1.57. The van der Waals surface area contributed by atoms with Gasteiger partial charge in [-0.25, -0.2) is 0 Å². The van der Waals surface area contributed by atoms with E-state index in [1.165, 1.54) is 32.1 Å². The van der Waals surface area contributed by atoms with Crippen molar-refractivity contribution < 1.29 is 4.79 Å². The quantitative estimate of drug-likeness (QED) is 0.581. The van der Waals surface area contributed by atoms with Crippen LogP contribution in [0.15, 0.2) is 71.7 Å². The van der Waals surface area contributed by atoms with E-state index in [-0.39, 0.29) is 11.1 Å². The van der Waals surface area contributed by atoms with E-state index < -0.39 is 5.91 Å². The Balaban J connectivity index is 1.43. The van der Waals surface area contributed by atoms with Gasteiger partial charge in [-0.05, 0) is 61.7 Å². The van der Waals surface area contributed by atoms with Crippen molar-refractivity contribution in [3.63, 3.8) is 0 Å². The Morgan fingerprint density at radius 1 is 0.968 bits per heavy atom. The molecule has 2 aromatic carbocycles. The molecule has 0 radical (unpaired) electrons. The van der Waals surface area contributed by atoms with Gasteiger partial charge in [0.2, 0.25) is 0 Å². The normalized spacial score (nSPS) is 14.2. The molecule has 1 heterocycles. The van der Waals surface area contributed by atoms with E-state index in [4.69, 9.17) is 0 Å². The summed E-state index contributed by atoms with van der Waals surface area (Å²) in [7, 11) is 0. The van der Waals surface area contributed by atoms with Gasteiger partial charge in [0.1, 0.15) is 5.56 Å². The second kappa shape index (κ2) is 9.65. The topological polar surface area (TPSA) is 63.1 Å². The maximum Gasteiger partial charge on any atom is 0.263 e. The van der Waals surface area contributed by atoms with Crippen LogP contribution in [-0.2, 0) is 6.54 Å². The van der Waals surface area contributed by atoms with Crippen LogP contribution in [0.1, 0.15) is 53.6 Å². The van der Waals surface area contributed by atoms with Gasteiger partial charge in [0.25, 0.3) is 11.5 Å². The maximum atomic E-state index is 12.9. The Bertz CT molecular complexity index is 1100. The lowest BCUT2D eigenvalue weighted by Crippen LogP contribution is -2.29. The molecule has 1 aliphatic carbocycles. The van der Waals surface area contributed by atoms with Crippen molar-refractivity contribution in [2.45, 2.75) is 51.6 Å². The van der Waals surface area contributed by atoms with E-state index in [9.17, 15) is 9.59 Å². The van der Waals surface area contributed by atoms with Crippen LogP contribution >= 0.6 is 0 Å². The fourth-order valence-electron chi connectivity index (χ4n) is 4.17. The number of carbonyl (C=O) groups is 1. The molecule has 5 nitrogen and oxygen atoms in total. The number of pyridine rings is 1. The number of hydrogen-bond donors (Lipinski definition) is 2. The molecule has 0 aliphatic heterocycles. The van der Waals surface area contributed by atoms with Crippen LogP contribution in [0.25, 0.3) is 0 Å². The minimum absolute atomic E-state index is 0.138. The summed E-state index contributed by atoms with van der Waals surface area (Å²) in [5.74, 6) is -0.392. The number of anilines is 2. The highest BCUT2D eigenvalue weighted by Gasteiger charge is 2.14. The molecule has 1 amide bonds. The van der Waals surface area contributed by atoms with Crippen molar-refractivity contribution in [2.24, 2.45) is 0 Å². The van der Waals surface area contributed by atoms with Crippen LogP contribution in [0.5, 0.6) is 0 Å². The second-order valence-electron chi connectivity index (χ2n) is 8.35. The highest BCUT2D eigenvalue weighted by atomic mass is 16.2. The summed E-state index contributed by atoms with van der Waals surface area (Å²) in [6, 6.07) is 19.6. The van der Waals surface area contributed by atoms with Crippen LogP contribution in [-0.4, -0.2) is 16.5 Å². The zero-order valence-electron chi connectivity index (χ0n) is 17.9. The molecule has 2 N–H and O–H groups in total. The van der Waals surface area contributed by atoms with Gasteiger partial charge in [0.05, 0.1) is 6.54 Å². The van der Waals surface area contributed by atoms with E-state index in [1.54, 1.807) is 22.9 Å².